The summed E-state index contributed by atoms with van der Waals surface area (Å²) in [7, 11) is 1.60. The number of carbonyl (C=O) groups is 1. The van der Waals surface area contributed by atoms with Crippen molar-refractivity contribution in [2.24, 2.45) is 4.99 Å². The number of hydrogen-bond acceptors (Lipinski definition) is 3. The molecule has 0 bridgehead atoms. The monoisotopic (exact) mass is 160 g/mol. The summed E-state index contributed by atoms with van der Waals surface area (Å²) >= 11 is 1.55. The molecule has 1 amide bonds. The highest BCUT2D eigenvalue weighted by molar-refractivity contribution is 8.13. The van der Waals surface area contributed by atoms with Gasteiger partial charge in [0, 0.05) is 7.05 Å². The summed E-state index contributed by atoms with van der Waals surface area (Å²) < 4.78 is 0. The predicted octanol–water partition coefficient (Wildman–Crippen LogP) is 0.514. The second-order valence-corrected chi connectivity index (χ2v) is 2.71. The molecule has 10 heavy (non-hydrogen) atoms. The normalized spacial score (nSPS) is 11.3. The van der Waals surface area contributed by atoms with E-state index < -0.39 is 0 Å². The average molecular weight is 160 g/mol. The highest BCUT2D eigenvalue weighted by Gasteiger charge is 1.93. The van der Waals surface area contributed by atoms with Gasteiger partial charge in [0.25, 0.3) is 0 Å². The zero-order chi connectivity index (χ0) is 7.98. The van der Waals surface area contributed by atoms with Crippen LogP contribution in [0.4, 0.5) is 0 Å². The van der Waals surface area contributed by atoms with Gasteiger partial charge >= 0.3 is 0 Å². The lowest BCUT2D eigenvalue weighted by Gasteiger charge is -1.94. The van der Waals surface area contributed by atoms with E-state index in [1.165, 1.54) is 0 Å². The molecule has 0 aliphatic carbocycles. The zero-order valence-corrected chi connectivity index (χ0v) is 7.29. The van der Waals surface area contributed by atoms with Crippen molar-refractivity contribution in [1.29, 1.82) is 0 Å². The van der Waals surface area contributed by atoms with Gasteiger partial charge in [0.15, 0.2) is 0 Å². The molecule has 0 aliphatic rings. The van der Waals surface area contributed by atoms with Gasteiger partial charge < -0.3 is 5.32 Å². The first kappa shape index (κ1) is 9.49. The maximum atomic E-state index is 10.6. The number of thioether (sulfide) groups is 1. The van der Waals surface area contributed by atoms with Crippen molar-refractivity contribution in [3.8, 4) is 0 Å². The summed E-state index contributed by atoms with van der Waals surface area (Å²) in [6.45, 7) is 2.12. The van der Waals surface area contributed by atoms with Gasteiger partial charge in [0.05, 0.1) is 5.04 Å². The predicted molar refractivity (Wildman–Crippen MR) is 45.6 cm³/mol. The summed E-state index contributed by atoms with van der Waals surface area (Å²) in [5.41, 5.74) is 0. The Labute approximate surface area is 65.3 Å². The molecule has 0 saturated carbocycles. The fourth-order valence-electron chi connectivity index (χ4n) is 0.327. The molecular formula is C6H12N2OS. The third-order valence-electron chi connectivity index (χ3n) is 1.02. The van der Waals surface area contributed by atoms with Crippen LogP contribution in [-0.4, -0.2) is 30.8 Å². The van der Waals surface area contributed by atoms with Crippen molar-refractivity contribution < 1.29 is 4.79 Å². The largest absolute Gasteiger partial charge is 0.358 e. The van der Waals surface area contributed by atoms with Gasteiger partial charge in [-0.15, -0.1) is 11.8 Å². The molecule has 0 rings (SSSR count). The summed E-state index contributed by atoms with van der Waals surface area (Å²) in [5.74, 6) is -0.0478. The number of aliphatic imine (C=N–C) groups is 1. The SMILES string of the molecule is CNC(=O)CN=C(C)SC. The van der Waals surface area contributed by atoms with Crippen LogP contribution in [0.5, 0.6) is 0 Å². The Morgan fingerprint density at radius 1 is 1.70 bits per heavy atom. The molecule has 0 radical (unpaired) electrons. The van der Waals surface area contributed by atoms with E-state index in [1.807, 2.05) is 13.2 Å². The lowest BCUT2D eigenvalue weighted by Crippen LogP contribution is -2.20. The third kappa shape index (κ3) is 4.38. The van der Waals surface area contributed by atoms with Crippen molar-refractivity contribution >= 4 is 22.7 Å². The molecular weight excluding hydrogens is 148 g/mol. The van der Waals surface area contributed by atoms with E-state index in [1.54, 1.807) is 18.8 Å². The summed E-state index contributed by atoms with van der Waals surface area (Å²) in [4.78, 5) is 14.6. The number of nitrogens with zero attached hydrogens (tertiary/aromatic N) is 1. The van der Waals surface area contributed by atoms with Crippen molar-refractivity contribution in [1.82, 2.24) is 5.32 Å². The fraction of sp³-hybridized carbons (Fsp3) is 0.667. The third-order valence-corrected chi connectivity index (χ3v) is 1.74. The summed E-state index contributed by atoms with van der Waals surface area (Å²) in [6.07, 6.45) is 1.93. The quantitative estimate of drug-likeness (QED) is 0.472. The van der Waals surface area contributed by atoms with E-state index in [-0.39, 0.29) is 12.5 Å². The Hall–Kier alpha value is -0.510. The van der Waals surface area contributed by atoms with E-state index in [0.29, 0.717) is 0 Å². The Balaban J connectivity index is 3.61. The standard InChI is InChI=1S/C6H12N2OS/c1-5(10-3)8-4-6(9)7-2/h4H2,1-3H3,(H,7,9). The van der Waals surface area contributed by atoms with Crippen LogP contribution in [0.15, 0.2) is 4.99 Å². The van der Waals surface area contributed by atoms with E-state index in [2.05, 4.69) is 10.3 Å². The minimum atomic E-state index is -0.0478. The van der Waals surface area contributed by atoms with Crippen LogP contribution in [-0.2, 0) is 4.79 Å². The highest BCUT2D eigenvalue weighted by Crippen LogP contribution is 1.95. The van der Waals surface area contributed by atoms with Crippen molar-refractivity contribution in [2.45, 2.75) is 6.92 Å². The first-order valence-electron chi connectivity index (χ1n) is 2.96. The van der Waals surface area contributed by atoms with Crippen LogP contribution in [0, 0.1) is 0 Å². The smallest absolute Gasteiger partial charge is 0.241 e. The molecule has 0 atom stereocenters. The molecule has 3 nitrogen and oxygen atoms in total. The maximum absolute atomic E-state index is 10.6. The Kier molecular flexibility index (Phi) is 5.02. The molecule has 58 valence electrons. The molecule has 1 N–H and O–H groups in total. The Bertz CT molecular complexity index is 145. The average Bonchev–Trinajstić information content (AvgIpc) is 1.99. The van der Waals surface area contributed by atoms with Gasteiger partial charge in [-0.3, -0.25) is 9.79 Å². The fourth-order valence-corrected chi connectivity index (χ4v) is 0.520. The van der Waals surface area contributed by atoms with Crippen molar-refractivity contribution in [3.05, 3.63) is 0 Å². The topological polar surface area (TPSA) is 41.5 Å². The van der Waals surface area contributed by atoms with Gasteiger partial charge in [0.2, 0.25) is 5.91 Å². The lowest BCUT2D eigenvalue weighted by atomic mass is 10.6. The molecule has 0 saturated heterocycles. The minimum Gasteiger partial charge on any atom is -0.358 e. The van der Waals surface area contributed by atoms with Crippen LogP contribution < -0.4 is 5.32 Å². The molecule has 4 heteroatoms. The number of hydrogen-bond donors (Lipinski definition) is 1. The number of rotatable bonds is 2. The minimum absolute atomic E-state index is 0.0478. The van der Waals surface area contributed by atoms with Gasteiger partial charge in [-0.25, -0.2) is 0 Å². The van der Waals surface area contributed by atoms with E-state index >= 15 is 0 Å². The lowest BCUT2D eigenvalue weighted by molar-refractivity contribution is -0.119. The van der Waals surface area contributed by atoms with Crippen LogP contribution in [0.3, 0.4) is 0 Å². The first-order valence-corrected chi connectivity index (χ1v) is 4.18. The molecule has 0 aromatic carbocycles. The van der Waals surface area contributed by atoms with Gasteiger partial charge in [-0.05, 0) is 13.2 Å². The maximum Gasteiger partial charge on any atom is 0.241 e. The molecule has 0 unspecified atom stereocenters. The van der Waals surface area contributed by atoms with Crippen molar-refractivity contribution in [3.63, 3.8) is 0 Å². The summed E-state index contributed by atoms with van der Waals surface area (Å²) in [6, 6.07) is 0. The van der Waals surface area contributed by atoms with Gasteiger partial charge in [-0.1, -0.05) is 0 Å². The van der Waals surface area contributed by atoms with Crippen LogP contribution >= 0.6 is 11.8 Å². The van der Waals surface area contributed by atoms with Crippen LogP contribution in [0.2, 0.25) is 0 Å². The Morgan fingerprint density at radius 2 is 2.30 bits per heavy atom. The van der Waals surface area contributed by atoms with E-state index in [0.717, 1.165) is 5.04 Å². The molecule has 0 aliphatic heterocycles. The number of likely N-dealkylation sites (N-methyl/N-ethyl adjacent to an activating group) is 1. The van der Waals surface area contributed by atoms with Crippen molar-refractivity contribution in [2.75, 3.05) is 19.8 Å². The molecule has 0 aromatic rings. The zero-order valence-electron chi connectivity index (χ0n) is 6.47. The first-order chi connectivity index (χ1) is 4.70. The molecule has 0 aromatic heterocycles. The van der Waals surface area contributed by atoms with Crippen LogP contribution in [0.1, 0.15) is 6.92 Å². The molecule has 0 fully saturated rings. The van der Waals surface area contributed by atoms with Gasteiger partial charge in [-0.2, -0.15) is 0 Å². The molecule has 0 spiro atoms. The van der Waals surface area contributed by atoms with Crippen LogP contribution in [0.25, 0.3) is 0 Å². The second-order valence-electron chi connectivity index (χ2n) is 1.71. The van der Waals surface area contributed by atoms with E-state index in [9.17, 15) is 4.79 Å². The Morgan fingerprint density at radius 3 is 2.70 bits per heavy atom. The second kappa shape index (κ2) is 5.29. The number of amides is 1. The highest BCUT2D eigenvalue weighted by atomic mass is 32.2. The summed E-state index contributed by atoms with van der Waals surface area (Å²) in [5, 5.41) is 3.42. The molecule has 0 heterocycles. The van der Waals surface area contributed by atoms with Gasteiger partial charge in [0.1, 0.15) is 6.54 Å². The van der Waals surface area contributed by atoms with E-state index in [4.69, 9.17) is 0 Å². The number of carbonyl (C=O) groups excluding carboxylic acids is 1. The number of nitrogens with one attached hydrogen (secondary N) is 1.